The first-order chi connectivity index (χ1) is 10.2. The average Bonchev–Trinajstić information content (AvgIpc) is 3.07. The Morgan fingerprint density at radius 2 is 2.10 bits per heavy atom. The van der Waals surface area contributed by atoms with Crippen molar-refractivity contribution in [3.8, 4) is 0 Å². The van der Waals surface area contributed by atoms with Crippen molar-refractivity contribution >= 4 is 11.3 Å². The molecule has 2 heterocycles. The van der Waals surface area contributed by atoms with Gasteiger partial charge in [0.2, 0.25) is 0 Å². The fraction of sp³-hybridized carbons (Fsp3) is 0.824. The van der Waals surface area contributed by atoms with Gasteiger partial charge in [-0.2, -0.15) is 0 Å². The zero-order chi connectivity index (χ0) is 14.4. The Balaban J connectivity index is 1.64. The molecule has 1 saturated carbocycles. The van der Waals surface area contributed by atoms with Gasteiger partial charge in [0, 0.05) is 30.1 Å². The molecule has 116 valence electrons. The second-order valence-corrected chi connectivity index (χ2v) is 8.51. The third-order valence-electron chi connectivity index (χ3n) is 5.18. The molecule has 4 rings (SSSR count). The molecular weight excluding hydrogens is 278 g/mol. The smallest absolute Gasteiger partial charge is 0.115 e. The summed E-state index contributed by atoms with van der Waals surface area (Å²) >= 11 is 2.01. The van der Waals surface area contributed by atoms with Crippen LogP contribution in [0.25, 0.3) is 0 Å². The van der Waals surface area contributed by atoms with Crippen LogP contribution in [0.15, 0.2) is 0 Å². The van der Waals surface area contributed by atoms with Crippen LogP contribution in [0.3, 0.4) is 0 Å². The summed E-state index contributed by atoms with van der Waals surface area (Å²) in [6.07, 6.45) is 9.20. The summed E-state index contributed by atoms with van der Waals surface area (Å²) in [5.74, 6) is 0. The highest BCUT2D eigenvalue weighted by Crippen LogP contribution is 2.41. The molecule has 3 nitrogen and oxygen atoms in total. The van der Waals surface area contributed by atoms with Crippen LogP contribution in [-0.2, 0) is 18.4 Å². The van der Waals surface area contributed by atoms with E-state index in [1.807, 2.05) is 11.3 Å². The number of hydrogen-bond donors (Lipinski definition) is 1. The van der Waals surface area contributed by atoms with E-state index >= 15 is 0 Å². The Kier molecular flexibility index (Phi) is 3.59. The number of nitrogens with zero attached hydrogens (tertiary/aromatic N) is 2. The van der Waals surface area contributed by atoms with E-state index in [1.54, 1.807) is 4.88 Å². The average molecular weight is 305 g/mol. The molecular formula is C17H27N3S. The van der Waals surface area contributed by atoms with Gasteiger partial charge in [0.05, 0.1) is 11.2 Å². The maximum absolute atomic E-state index is 5.10. The maximum Gasteiger partial charge on any atom is 0.115 e. The minimum atomic E-state index is 0.124. The van der Waals surface area contributed by atoms with Gasteiger partial charge in [-0.1, -0.05) is 0 Å². The molecule has 1 saturated heterocycles. The first-order valence-corrected chi connectivity index (χ1v) is 9.49. The second-order valence-electron chi connectivity index (χ2n) is 7.43. The molecule has 4 heteroatoms. The highest BCUT2D eigenvalue weighted by atomic mass is 32.1. The van der Waals surface area contributed by atoms with Gasteiger partial charge in [-0.25, -0.2) is 4.98 Å². The summed E-state index contributed by atoms with van der Waals surface area (Å²) in [5, 5.41) is 5.28. The molecule has 1 atom stereocenters. The van der Waals surface area contributed by atoms with Crippen LogP contribution >= 0.6 is 11.3 Å². The lowest BCUT2D eigenvalue weighted by Crippen LogP contribution is -2.48. The molecule has 0 spiro atoms. The summed E-state index contributed by atoms with van der Waals surface area (Å²) in [6.45, 7) is 6.96. The second kappa shape index (κ2) is 5.32. The first-order valence-electron chi connectivity index (χ1n) is 8.67. The number of nitrogens with one attached hydrogen (secondary N) is 1. The Hall–Kier alpha value is -0.450. The van der Waals surface area contributed by atoms with Crippen LogP contribution in [-0.4, -0.2) is 35.1 Å². The first kappa shape index (κ1) is 14.2. The van der Waals surface area contributed by atoms with Crippen LogP contribution in [0.4, 0.5) is 0 Å². The van der Waals surface area contributed by atoms with E-state index in [1.165, 1.54) is 68.7 Å². The molecule has 0 bridgehead atoms. The maximum atomic E-state index is 5.10. The molecule has 0 amide bonds. The van der Waals surface area contributed by atoms with E-state index in [-0.39, 0.29) is 5.54 Å². The van der Waals surface area contributed by atoms with Crippen LogP contribution in [0, 0.1) is 0 Å². The summed E-state index contributed by atoms with van der Waals surface area (Å²) in [7, 11) is 0. The van der Waals surface area contributed by atoms with Gasteiger partial charge in [0.1, 0.15) is 5.01 Å². The van der Waals surface area contributed by atoms with Gasteiger partial charge >= 0.3 is 0 Å². The van der Waals surface area contributed by atoms with E-state index < -0.39 is 0 Å². The summed E-state index contributed by atoms with van der Waals surface area (Å²) in [6, 6.07) is 1.39. The zero-order valence-corrected chi connectivity index (χ0v) is 14.1. The fourth-order valence-corrected chi connectivity index (χ4v) is 5.38. The largest absolute Gasteiger partial charge is 0.302 e. The Morgan fingerprint density at radius 3 is 2.81 bits per heavy atom. The predicted octanol–water partition coefficient (Wildman–Crippen LogP) is 3.08. The van der Waals surface area contributed by atoms with E-state index in [9.17, 15) is 0 Å². The van der Waals surface area contributed by atoms with E-state index in [4.69, 9.17) is 4.98 Å². The Morgan fingerprint density at radius 1 is 1.29 bits per heavy atom. The Bertz CT molecular complexity index is 497. The minimum Gasteiger partial charge on any atom is -0.302 e. The number of fused-ring (bicyclic) bond motifs is 1. The number of rotatable bonds is 4. The number of aromatic nitrogens is 1. The van der Waals surface area contributed by atoms with Crippen molar-refractivity contribution in [1.29, 1.82) is 0 Å². The molecule has 1 N–H and O–H groups in total. The van der Waals surface area contributed by atoms with Gasteiger partial charge in [-0.15, -0.1) is 11.3 Å². The van der Waals surface area contributed by atoms with Gasteiger partial charge in [-0.05, 0) is 58.8 Å². The molecule has 1 aliphatic heterocycles. The van der Waals surface area contributed by atoms with E-state index in [0.717, 1.165) is 6.04 Å². The number of aryl methyl sites for hydroxylation is 2. The highest BCUT2D eigenvalue weighted by molar-refractivity contribution is 7.11. The molecule has 1 unspecified atom stereocenters. The number of hydrogen-bond acceptors (Lipinski definition) is 4. The lowest BCUT2D eigenvalue weighted by Gasteiger charge is -2.31. The lowest BCUT2D eigenvalue weighted by atomic mass is 9.98. The molecule has 0 radical (unpaired) electrons. The third kappa shape index (κ3) is 2.66. The minimum absolute atomic E-state index is 0.124. The summed E-state index contributed by atoms with van der Waals surface area (Å²) < 4.78 is 0. The quantitative estimate of drug-likeness (QED) is 0.926. The fourth-order valence-electron chi connectivity index (χ4n) is 4.05. The zero-order valence-electron chi connectivity index (χ0n) is 13.3. The molecule has 2 aliphatic carbocycles. The summed E-state index contributed by atoms with van der Waals surface area (Å²) in [5.41, 5.74) is 1.54. The SMILES string of the molecule is CC(C)NC1(c2nc3c(s2)CCCC3)CCN(C2CC2)C1. The number of thiazole rings is 1. The monoisotopic (exact) mass is 305 g/mol. The number of likely N-dealkylation sites (tertiary alicyclic amines) is 1. The molecule has 1 aromatic heterocycles. The molecule has 2 fully saturated rings. The highest BCUT2D eigenvalue weighted by Gasteiger charge is 2.46. The third-order valence-corrected chi connectivity index (χ3v) is 6.54. The van der Waals surface area contributed by atoms with E-state index in [0.29, 0.717) is 6.04 Å². The van der Waals surface area contributed by atoms with Crippen molar-refractivity contribution in [2.45, 2.75) is 76.4 Å². The van der Waals surface area contributed by atoms with Gasteiger partial charge < -0.3 is 5.32 Å². The summed E-state index contributed by atoms with van der Waals surface area (Å²) in [4.78, 5) is 9.38. The van der Waals surface area contributed by atoms with Crippen molar-refractivity contribution < 1.29 is 0 Å². The Labute approximate surface area is 132 Å². The van der Waals surface area contributed by atoms with Gasteiger partial charge in [-0.3, -0.25) is 4.90 Å². The van der Waals surface area contributed by atoms with Crippen molar-refractivity contribution in [3.05, 3.63) is 15.6 Å². The molecule has 0 aromatic carbocycles. The van der Waals surface area contributed by atoms with Gasteiger partial charge in [0.15, 0.2) is 0 Å². The van der Waals surface area contributed by atoms with Crippen molar-refractivity contribution in [2.75, 3.05) is 13.1 Å². The van der Waals surface area contributed by atoms with Gasteiger partial charge in [0.25, 0.3) is 0 Å². The van der Waals surface area contributed by atoms with Crippen LogP contribution in [0.1, 0.15) is 61.5 Å². The molecule has 1 aromatic rings. The normalized spacial score (nSPS) is 30.0. The topological polar surface area (TPSA) is 28.2 Å². The predicted molar refractivity (Wildman–Crippen MR) is 87.9 cm³/mol. The lowest BCUT2D eigenvalue weighted by molar-refractivity contribution is 0.262. The molecule has 21 heavy (non-hydrogen) atoms. The van der Waals surface area contributed by atoms with Crippen molar-refractivity contribution in [1.82, 2.24) is 15.2 Å². The van der Waals surface area contributed by atoms with Crippen molar-refractivity contribution in [2.24, 2.45) is 0 Å². The standard InChI is InChI=1S/C17H27N3S/c1-12(2)19-17(9-10-20(11-17)13-7-8-13)16-18-14-5-3-4-6-15(14)21-16/h12-13,19H,3-11H2,1-2H3. The van der Waals surface area contributed by atoms with Crippen LogP contribution < -0.4 is 5.32 Å². The van der Waals surface area contributed by atoms with Crippen LogP contribution in [0.2, 0.25) is 0 Å². The van der Waals surface area contributed by atoms with Crippen LogP contribution in [0.5, 0.6) is 0 Å². The van der Waals surface area contributed by atoms with Crippen molar-refractivity contribution in [3.63, 3.8) is 0 Å². The van der Waals surface area contributed by atoms with E-state index in [2.05, 4.69) is 24.1 Å². The molecule has 3 aliphatic rings.